The summed E-state index contributed by atoms with van der Waals surface area (Å²) in [6.45, 7) is 5.57. The van der Waals surface area contributed by atoms with E-state index in [1.165, 1.54) is 23.1 Å². The zero-order chi connectivity index (χ0) is 26.6. The maximum atomic E-state index is 14.0. The van der Waals surface area contributed by atoms with Gasteiger partial charge in [0.1, 0.15) is 10.4 Å². The van der Waals surface area contributed by atoms with Crippen LogP contribution in [-0.4, -0.2) is 51.6 Å². The Balaban J connectivity index is 1.59. The lowest BCUT2D eigenvalue weighted by Crippen LogP contribution is -2.33. The first kappa shape index (κ1) is 26.6. The Morgan fingerprint density at radius 1 is 1.21 bits per heavy atom. The second-order valence-electron chi connectivity index (χ2n) is 8.81. The lowest BCUT2D eigenvalue weighted by Gasteiger charge is -2.16. The number of aromatic nitrogens is 3. The van der Waals surface area contributed by atoms with Crippen molar-refractivity contribution in [3.8, 4) is 17.1 Å². The molecular formula is C27H28N4O4S3. The minimum atomic E-state index is -0.227. The standard InChI is InChI=1S/C27H28N4O4S3/c1-3-34-21-13-7-6-12-20(21)30-24-23(38-27(30)36)25(33)31(19-11-5-4-9-17(19)2)26(29-24)37-16-22(32)28-15-18-10-8-14-35-18/h4-7,9,11-13,18H,3,8,10,14-16H2,1-2H3,(H,28,32)/t18-/m1/s1. The smallest absolute Gasteiger partial charge is 0.278 e. The van der Waals surface area contributed by atoms with Gasteiger partial charge in [0.15, 0.2) is 14.8 Å². The first-order chi connectivity index (χ1) is 18.5. The molecule has 0 spiro atoms. The molecule has 0 radical (unpaired) electrons. The third kappa shape index (κ3) is 5.42. The van der Waals surface area contributed by atoms with Gasteiger partial charge in [-0.25, -0.2) is 4.98 Å². The molecule has 1 N–H and O–H groups in total. The van der Waals surface area contributed by atoms with Crippen molar-refractivity contribution in [2.24, 2.45) is 0 Å². The molecule has 0 saturated carbocycles. The first-order valence-corrected chi connectivity index (χ1v) is 14.7. The summed E-state index contributed by atoms with van der Waals surface area (Å²) < 4.78 is 15.7. The summed E-state index contributed by atoms with van der Waals surface area (Å²) in [6, 6.07) is 15.2. The Bertz CT molecular complexity index is 1590. The molecule has 5 rings (SSSR count). The van der Waals surface area contributed by atoms with E-state index >= 15 is 0 Å². The number of carbonyl (C=O) groups is 1. The van der Waals surface area contributed by atoms with Crippen LogP contribution in [0.2, 0.25) is 0 Å². The molecule has 1 amide bonds. The number of carbonyl (C=O) groups excluding carboxylic acids is 1. The van der Waals surface area contributed by atoms with Crippen LogP contribution in [0.5, 0.6) is 5.75 Å². The van der Waals surface area contributed by atoms with Crippen LogP contribution < -0.4 is 15.6 Å². The molecule has 0 bridgehead atoms. The Morgan fingerprint density at radius 2 is 1.97 bits per heavy atom. The van der Waals surface area contributed by atoms with E-state index in [9.17, 15) is 9.59 Å². The Labute approximate surface area is 233 Å². The Morgan fingerprint density at radius 3 is 2.71 bits per heavy atom. The van der Waals surface area contributed by atoms with E-state index in [0.29, 0.717) is 38.4 Å². The number of thiazole rings is 1. The quantitative estimate of drug-likeness (QED) is 0.172. The predicted molar refractivity (Wildman–Crippen MR) is 154 cm³/mol. The molecule has 1 aliphatic heterocycles. The molecule has 38 heavy (non-hydrogen) atoms. The summed E-state index contributed by atoms with van der Waals surface area (Å²) in [7, 11) is 0. The zero-order valence-electron chi connectivity index (χ0n) is 21.1. The normalized spacial score (nSPS) is 15.2. The topological polar surface area (TPSA) is 87.4 Å². The van der Waals surface area contributed by atoms with Crippen molar-refractivity contribution in [2.75, 3.05) is 25.5 Å². The number of amides is 1. The molecule has 11 heteroatoms. The van der Waals surface area contributed by atoms with Crippen LogP contribution in [0.25, 0.3) is 21.7 Å². The van der Waals surface area contributed by atoms with Gasteiger partial charge in [0.05, 0.1) is 29.8 Å². The van der Waals surface area contributed by atoms with E-state index < -0.39 is 0 Å². The van der Waals surface area contributed by atoms with Gasteiger partial charge in [-0.3, -0.25) is 18.7 Å². The van der Waals surface area contributed by atoms with Gasteiger partial charge in [0, 0.05) is 13.2 Å². The highest BCUT2D eigenvalue weighted by Gasteiger charge is 2.22. The zero-order valence-corrected chi connectivity index (χ0v) is 23.6. The summed E-state index contributed by atoms with van der Waals surface area (Å²) in [5.74, 6) is 0.621. The number of thioether (sulfide) groups is 1. The second-order valence-corrected chi connectivity index (χ2v) is 11.4. The van der Waals surface area contributed by atoms with E-state index in [1.807, 2.05) is 62.4 Å². The molecule has 2 aromatic heterocycles. The van der Waals surface area contributed by atoms with Gasteiger partial charge in [0.2, 0.25) is 5.91 Å². The molecule has 8 nitrogen and oxygen atoms in total. The maximum absolute atomic E-state index is 14.0. The Kier molecular flexibility index (Phi) is 8.27. The summed E-state index contributed by atoms with van der Waals surface area (Å²) in [4.78, 5) is 31.6. The number of aryl methyl sites for hydroxylation is 1. The number of ether oxygens (including phenoxy) is 2. The summed E-state index contributed by atoms with van der Waals surface area (Å²) in [5.41, 5.74) is 2.58. The van der Waals surface area contributed by atoms with Crippen LogP contribution in [0.1, 0.15) is 25.3 Å². The van der Waals surface area contributed by atoms with E-state index in [2.05, 4.69) is 5.32 Å². The lowest BCUT2D eigenvalue weighted by molar-refractivity contribution is -0.119. The largest absolute Gasteiger partial charge is 0.492 e. The van der Waals surface area contributed by atoms with Gasteiger partial charge in [0.25, 0.3) is 5.56 Å². The molecule has 1 atom stereocenters. The predicted octanol–water partition coefficient (Wildman–Crippen LogP) is 5.06. The number of rotatable bonds is 9. The van der Waals surface area contributed by atoms with Crippen LogP contribution in [-0.2, 0) is 9.53 Å². The number of nitrogens with one attached hydrogen (secondary N) is 1. The van der Waals surface area contributed by atoms with Gasteiger partial charge in [-0.2, -0.15) is 0 Å². The van der Waals surface area contributed by atoms with Crippen LogP contribution >= 0.6 is 35.3 Å². The average Bonchev–Trinajstić information content (AvgIpc) is 3.55. The van der Waals surface area contributed by atoms with Gasteiger partial charge >= 0.3 is 0 Å². The Hall–Kier alpha value is -2.99. The molecule has 0 unspecified atom stereocenters. The van der Waals surface area contributed by atoms with Gasteiger partial charge < -0.3 is 14.8 Å². The van der Waals surface area contributed by atoms with Crippen LogP contribution in [0.3, 0.4) is 0 Å². The minimum absolute atomic E-state index is 0.0595. The SMILES string of the molecule is CCOc1ccccc1-n1c(=S)sc2c(=O)n(-c3ccccc3C)c(SCC(=O)NC[C@H]3CCCO3)nc21. The lowest BCUT2D eigenvalue weighted by atomic mass is 10.2. The molecule has 1 aliphatic rings. The van der Waals surface area contributed by atoms with Crippen molar-refractivity contribution in [2.45, 2.75) is 37.9 Å². The number of para-hydroxylation sites is 3. The van der Waals surface area contributed by atoms with Crippen molar-refractivity contribution in [1.29, 1.82) is 0 Å². The molecule has 0 aliphatic carbocycles. The van der Waals surface area contributed by atoms with Crippen molar-refractivity contribution >= 4 is 51.6 Å². The fraction of sp³-hybridized carbons (Fsp3) is 0.333. The van der Waals surface area contributed by atoms with Crippen LogP contribution in [0.15, 0.2) is 58.5 Å². The van der Waals surface area contributed by atoms with Crippen molar-refractivity contribution in [3.63, 3.8) is 0 Å². The average molecular weight is 569 g/mol. The molecule has 4 aromatic rings. The number of hydrogen-bond donors (Lipinski definition) is 1. The summed E-state index contributed by atoms with van der Waals surface area (Å²) >= 11 is 8.16. The monoisotopic (exact) mass is 568 g/mol. The molecule has 2 aromatic carbocycles. The molecular weight excluding hydrogens is 541 g/mol. The van der Waals surface area contributed by atoms with Gasteiger partial charge in [-0.05, 0) is 62.7 Å². The van der Waals surface area contributed by atoms with Crippen molar-refractivity contribution in [3.05, 3.63) is 68.4 Å². The fourth-order valence-corrected chi connectivity index (χ4v) is 6.52. The molecule has 1 saturated heterocycles. The van der Waals surface area contributed by atoms with Gasteiger partial charge in [-0.15, -0.1) is 0 Å². The number of fused-ring (bicyclic) bond motifs is 1. The molecule has 1 fully saturated rings. The highest BCUT2D eigenvalue weighted by Crippen LogP contribution is 2.31. The van der Waals surface area contributed by atoms with E-state index in [-0.39, 0.29) is 23.3 Å². The van der Waals surface area contributed by atoms with Crippen LogP contribution in [0.4, 0.5) is 0 Å². The maximum Gasteiger partial charge on any atom is 0.278 e. The second kappa shape index (κ2) is 11.8. The number of benzene rings is 2. The first-order valence-electron chi connectivity index (χ1n) is 12.5. The molecule has 198 valence electrons. The van der Waals surface area contributed by atoms with Crippen molar-refractivity contribution < 1.29 is 14.3 Å². The van der Waals surface area contributed by atoms with Crippen molar-refractivity contribution in [1.82, 2.24) is 19.4 Å². The van der Waals surface area contributed by atoms with Crippen LogP contribution in [0, 0.1) is 10.9 Å². The van der Waals surface area contributed by atoms with E-state index in [0.717, 1.165) is 36.4 Å². The number of nitrogens with zero attached hydrogens (tertiary/aromatic N) is 3. The highest BCUT2D eigenvalue weighted by molar-refractivity contribution is 7.99. The van der Waals surface area contributed by atoms with Gasteiger partial charge in [-0.1, -0.05) is 53.4 Å². The van der Waals surface area contributed by atoms with E-state index in [1.54, 1.807) is 9.13 Å². The fourth-order valence-electron chi connectivity index (χ4n) is 4.41. The summed E-state index contributed by atoms with van der Waals surface area (Å²) in [5, 5.41) is 3.36. The third-order valence-corrected chi connectivity index (χ3v) is 8.51. The van der Waals surface area contributed by atoms with E-state index in [4.69, 9.17) is 26.7 Å². The summed E-state index contributed by atoms with van der Waals surface area (Å²) in [6.07, 6.45) is 2.02. The minimum Gasteiger partial charge on any atom is -0.492 e. The third-order valence-electron chi connectivity index (χ3n) is 6.22. The molecule has 3 heterocycles. The number of hydrogen-bond acceptors (Lipinski definition) is 8. The highest BCUT2D eigenvalue weighted by atomic mass is 32.2.